The van der Waals surface area contributed by atoms with Crippen LogP contribution in [0.4, 0.5) is 0 Å². The normalized spacial score (nSPS) is 10.8. The first kappa shape index (κ1) is 11.2. The van der Waals surface area contributed by atoms with E-state index in [9.17, 15) is 0 Å². The SMILES string of the molecule is CCOCCCc1c[c]c2ccccc2c1. The van der Waals surface area contributed by atoms with Crippen molar-refractivity contribution in [3.05, 3.63) is 48.0 Å². The van der Waals surface area contributed by atoms with Gasteiger partial charge >= 0.3 is 0 Å². The van der Waals surface area contributed by atoms with Gasteiger partial charge in [-0.2, -0.15) is 0 Å². The van der Waals surface area contributed by atoms with E-state index in [1.54, 1.807) is 0 Å². The highest BCUT2D eigenvalue weighted by Gasteiger charge is 1.96. The number of rotatable bonds is 5. The van der Waals surface area contributed by atoms with Crippen molar-refractivity contribution >= 4 is 10.8 Å². The van der Waals surface area contributed by atoms with Crippen molar-refractivity contribution in [2.45, 2.75) is 19.8 Å². The second-order valence-corrected chi connectivity index (χ2v) is 3.90. The summed E-state index contributed by atoms with van der Waals surface area (Å²) in [5.74, 6) is 0. The Morgan fingerprint density at radius 2 is 2.12 bits per heavy atom. The molecule has 0 aromatic heterocycles. The molecule has 1 nitrogen and oxygen atoms in total. The molecule has 2 rings (SSSR count). The predicted octanol–water partition coefficient (Wildman–Crippen LogP) is 3.61. The average molecular weight is 213 g/mol. The molecular weight excluding hydrogens is 196 g/mol. The van der Waals surface area contributed by atoms with Crippen molar-refractivity contribution in [2.75, 3.05) is 13.2 Å². The Morgan fingerprint density at radius 1 is 1.25 bits per heavy atom. The lowest BCUT2D eigenvalue weighted by Gasteiger charge is -2.03. The van der Waals surface area contributed by atoms with Crippen LogP contribution in [0.5, 0.6) is 0 Å². The smallest absolute Gasteiger partial charge is 0.0469 e. The van der Waals surface area contributed by atoms with Gasteiger partial charge in [-0.15, -0.1) is 0 Å². The monoisotopic (exact) mass is 213 g/mol. The topological polar surface area (TPSA) is 9.23 Å². The van der Waals surface area contributed by atoms with Crippen LogP contribution in [0.3, 0.4) is 0 Å². The fourth-order valence-electron chi connectivity index (χ4n) is 1.83. The molecular formula is C15H17O. The molecule has 0 aliphatic carbocycles. The van der Waals surface area contributed by atoms with Gasteiger partial charge in [0, 0.05) is 13.2 Å². The second kappa shape index (κ2) is 5.66. The summed E-state index contributed by atoms with van der Waals surface area (Å²) in [4.78, 5) is 0. The summed E-state index contributed by atoms with van der Waals surface area (Å²) in [5, 5.41) is 2.47. The molecule has 1 heteroatoms. The van der Waals surface area contributed by atoms with Crippen LogP contribution in [0.2, 0.25) is 0 Å². The maximum atomic E-state index is 5.33. The van der Waals surface area contributed by atoms with Crippen molar-refractivity contribution < 1.29 is 4.74 Å². The Morgan fingerprint density at radius 3 is 3.00 bits per heavy atom. The quantitative estimate of drug-likeness (QED) is 0.689. The Kier molecular flexibility index (Phi) is 3.95. The van der Waals surface area contributed by atoms with Crippen molar-refractivity contribution in [1.29, 1.82) is 0 Å². The van der Waals surface area contributed by atoms with Crippen molar-refractivity contribution in [3.8, 4) is 0 Å². The van der Waals surface area contributed by atoms with Gasteiger partial charge < -0.3 is 4.74 Å². The van der Waals surface area contributed by atoms with Crippen LogP contribution in [-0.4, -0.2) is 13.2 Å². The summed E-state index contributed by atoms with van der Waals surface area (Å²) in [7, 11) is 0. The van der Waals surface area contributed by atoms with Gasteiger partial charge in [0.1, 0.15) is 0 Å². The van der Waals surface area contributed by atoms with Crippen LogP contribution in [0, 0.1) is 6.07 Å². The van der Waals surface area contributed by atoms with Crippen LogP contribution in [-0.2, 0) is 11.2 Å². The third-order valence-electron chi connectivity index (χ3n) is 2.67. The van der Waals surface area contributed by atoms with E-state index in [4.69, 9.17) is 4.74 Å². The standard InChI is InChI=1S/C15H17O/c1-2-16-11-5-6-13-9-10-14-7-3-4-8-15(14)12-13/h3-4,7-9,12H,2,5-6,11H2,1H3. The van der Waals surface area contributed by atoms with Gasteiger partial charge in [-0.05, 0) is 42.2 Å². The number of ether oxygens (including phenoxy) is 1. The zero-order valence-electron chi connectivity index (χ0n) is 9.70. The fourth-order valence-corrected chi connectivity index (χ4v) is 1.83. The van der Waals surface area contributed by atoms with Crippen molar-refractivity contribution in [1.82, 2.24) is 0 Å². The van der Waals surface area contributed by atoms with Crippen LogP contribution < -0.4 is 0 Å². The minimum Gasteiger partial charge on any atom is -0.382 e. The van der Waals surface area contributed by atoms with Crippen molar-refractivity contribution in [3.63, 3.8) is 0 Å². The lowest BCUT2D eigenvalue weighted by atomic mass is 10.0. The molecule has 16 heavy (non-hydrogen) atoms. The number of aryl methyl sites for hydroxylation is 1. The Balaban J connectivity index is 2.02. The fraction of sp³-hybridized carbons (Fsp3) is 0.333. The third kappa shape index (κ3) is 2.83. The molecule has 0 spiro atoms. The number of hydrogen-bond acceptors (Lipinski definition) is 1. The molecule has 0 atom stereocenters. The van der Waals surface area contributed by atoms with Crippen LogP contribution in [0.15, 0.2) is 36.4 Å². The van der Waals surface area contributed by atoms with Gasteiger partial charge in [-0.25, -0.2) is 0 Å². The van der Waals surface area contributed by atoms with E-state index < -0.39 is 0 Å². The van der Waals surface area contributed by atoms with E-state index in [0.717, 1.165) is 26.1 Å². The molecule has 1 radical (unpaired) electrons. The largest absolute Gasteiger partial charge is 0.382 e. The van der Waals surface area contributed by atoms with Crippen LogP contribution >= 0.6 is 0 Å². The molecule has 0 unspecified atom stereocenters. The minimum atomic E-state index is 0.809. The molecule has 0 fully saturated rings. The van der Waals surface area contributed by atoms with Gasteiger partial charge in [-0.3, -0.25) is 0 Å². The molecule has 0 bridgehead atoms. The summed E-state index contributed by atoms with van der Waals surface area (Å²) >= 11 is 0. The Hall–Kier alpha value is -1.34. The third-order valence-corrected chi connectivity index (χ3v) is 2.67. The zero-order valence-corrected chi connectivity index (χ0v) is 9.70. The average Bonchev–Trinajstić information content (AvgIpc) is 2.34. The summed E-state index contributed by atoms with van der Waals surface area (Å²) in [6, 6.07) is 16.0. The Bertz CT molecular complexity index is 448. The van der Waals surface area contributed by atoms with Gasteiger partial charge in [0.15, 0.2) is 0 Å². The lowest BCUT2D eigenvalue weighted by molar-refractivity contribution is 0.145. The first-order valence-electron chi connectivity index (χ1n) is 5.87. The predicted molar refractivity (Wildman–Crippen MR) is 67.6 cm³/mol. The van der Waals surface area contributed by atoms with E-state index in [0.29, 0.717) is 0 Å². The summed E-state index contributed by atoms with van der Waals surface area (Å²) in [6.45, 7) is 3.69. The van der Waals surface area contributed by atoms with Gasteiger partial charge in [0.2, 0.25) is 0 Å². The number of benzene rings is 2. The van der Waals surface area contributed by atoms with Crippen LogP contribution in [0.25, 0.3) is 10.8 Å². The van der Waals surface area contributed by atoms with Crippen LogP contribution in [0.1, 0.15) is 18.9 Å². The van der Waals surface area contributed by atoms with Gasteiger partial charge in [-0.1, -0.05) is 36.4 Å². The van der Waals surface area contributed by atoms with E-state index in [1.165, 1.54) is 16.3 Å². The maximum absolute atomic E-state index is 5.33. The van der Waals surface area contributed by atoms with E-state index >= 15 is 0 Å². The zero-order chi connectivity index (χ0) is 11.2. The van der Waals surface area contributed by atoms with E-state index in [1.807, 2.05) is 13.0 Å². The van der Waals surface area contributed by atoms with Gasteiger partial charge in [0.25, 0.3) is 0 Å². The molecule has 2 aromatic rings. The van der Waals surface area contributed by atoms with Crippen molar-refractivity contribution in [2.24, 2.45) is 0 Å². The summed E-state index contributed by atoms with van der Waals surface area (Å²) < 4.78 is 5.33. The molecule has 0 N–H and O–H groups in total. The highest BCUT2D eigenvalue weighted by Crippen LogP contribution is 2.15. The molecule has 0 saturated heterocycles. The molecule has 0 amide bonds. The highest BCUT2D eigenvalue weighted by atomic mass is 16.5. The lowest BCUT2D eigenvalue weighted by Crippen LogP contribution is -1.95. The molecule has 2 aromatic carbocycles. The van der Waals surface area contributed by atoms with Gasteiger partial charge in [0.05, 0.1) is 0 Å². The Labute approximate surface area is 97.1 Å². The van der Waals surface area contributed by atoms with E-state index in [-0.39, 0.29) is 0 Å². The summed E-state index contributed by atoms with van der Waals surface area (Å²) in [6.07, 6.45) is 2.15. The first-order valence-corrected chi connectivity index (χ1v) is 5.87. The number of fused-ring (bicyclic) bond motifs is 1. The van der Waals surface area contributed by atoms with E-state index in [2.05, 4.69) is 36.4 Å². The first-order chi connectivity index (χ1) is 7.90. The molecule has 83 valence electrons. The molecule has 0 aliphatic rings. The summed E-state index contributed by atoms with van der Waals surface area (Å²) in [5.41, 5.74) is 1.35. The second-order valence-electron chi connectivity index (χ2n) is 3.90. The highest BCUT2D eigenvalue weighted by molar-refractivity contribution is 5.82. The molecule has 0 saturated carbocycles. The maximum Gasteiger partial charge on any atom is 0.0469 e. The number of hydrogen-bond donors (Lipinski definition) is 0. The molecule has 0 heterocycles. The minimum absolute atomic E-state index is 0.809. The molecule has 0 aliphatic heterocycles.